The van der Waals surface area contributed by atoms with E-state index in [1.807, 2.05) is 12.1 Å². The number of anilines is 1. The van der Waals surface area contributed by atoms with Crippen molar-refractivity contribution in [3.8, 4) is 0 Å². The number of likely N-dealkylation sites (N-methyl/N-ethyl adjacent to an activating group) is 1. The van der Waals surface area contributed by atoms with Crippen LogP contribution < -0.4 is 5.32 Å². The fourth-order valence-electron chi connectivity index (χ4n) is 2.81. The fourth-order valence-corrected chi connectivity index (χ4v) is 3.26. The van der Waals surface area contributed by atoms with E-state index in [1.165, 1.54) is 0 Å². The number of aromatic nitrogens is 1. The van der Waals surface area contributed by atoms with Crippen LogP contribution in [0.3, 0.4) is 0 Å². The molecule has 1 aromatic carbocycles. The first kappa shape index (κ1) is 18.7. The molecule has 0 saturated heterocycles. The molecule has 1 aliphatic rings. The molecule has 1 N–H and O–H groups in total. The number of nitrogens with one attached hydrogen (secondary N) is 1. The zero-order valence-electron chi connectivity index (χ0n) is 14.3. The summed E-state index contributed by atoms with van der Waals surface area (Å²) in [6, 6.07) is 8.67. The van der Waals surface area contributed by atoms with Crippen LogP contribution in [0.4, 0.5) is 5.69 Å². The van der Waals surface area contributed by atoms with Gasteiger partial charge in [-0.3, -0.25) is 14.6 Å². The normalized spacial score (nSPS) is 14.6. The predicted molar refractivity (Wildman–Crippen MR) is 102 cm³/mol. The van der Waals surface area contributed by atoms with Crippen LogP contribution in [0.15, 0.2) is 42.7 Å². The largest absolute Gasteiger partial charge is 0.344 e. The summed E-state index contributed by atoms with van der Waals surface area (Å²) in [6.07, 6.45) is 5.25. The Bertz CT molecular complexity index is 823. The van der Waals surface area contributed by atoms with Crippen LogP contribution in [0.25, 0.3) is 0 Å². The van der Waals surface area contributed by atoms with E-state index in [1.54, 1.807) is 42.5 Å². The molecule has 1 heterocycles. The van der Waals surface area contributed by atoms with E-state index in [0.29, 0.717) is 41.5 Å². The van der Waals surface area contributed by atoms with E-state index in [0.717, 1.165) is 5.56 Å². The molecule has 0 unspecified atom stereocenters. The number of rotatable bonds is 6. The zero-order chi connectivity index (χ0) is 18.7. The molecular weight excluding hydrogens is 373 g/mol. The molecule has 0 atom stereocenters. The number of amides is 2. The van der Waals surface area contributed by atoms with Crippen LogP contribution in [-0.2, 0) is 16.0 Å². The van der Waals surface area contributed by atoms with Crippen molar-refractivity contribution in [3.63, 3.8) is 0 Å². The molecule has 1 saturated carbocycles. The summed E-state index contributed by atoms with van der Waals surface area (Å²) < 4.78 is 0. The van der Waals surface area contributed by atoms with Crippen molar-refractivity contribution in [1.29, 1.82) is 0 Å². The van der Waals surface area contributed by atoms with Gasteiger partial charge in [-0.15, -0.1) is 0 Å². The van der Waals surface area contributed by atoms with Gasteiger partial charge >= 0.3 is 0 Å². The minimum atomic E-state index is -0.990. The standard InChI is InChI=1S/C19H19Cl2N3O2/c1-24(11-6-13-4-9-22-10-5-13)18(26)19(7-8-19)17(25)23-16-3-2-14(20)12-15(16)21/h2-5,9-10,12H,6-8,11H2,1H3,(H,23,25). The fraction of sp³-hybridized carbons (Fsp3) is 0.316. The zero-order valence-corrected chi connectivity index (χ0v) is 15.8. The Morgan fingerprint density at radius 1 is 1.19 bits per heavy atom. The highest BCUT2D eigenvalue weighted by Gasteiger charge is 2.57. The molecule has 5 nitrogen and oxygen atoms in total. The van der Waals surface area contributed by atoms with Gasteiger partial charge in [0.1, 0.15) is 5.41 Å². The van der Waals surface area contributed by atoms with Crippen LogP contribution in [-0.4, -0.2) is 35.3 Å². The Balaban J connectivity index is 1.63. The Hall–Kier alpha value is -2.11. The van der Waals surface area contributed by atoms with E-state index in [9.17, 15) is 9.59 Å². The molecule has 0 aliphatic heterocycles. The number of halogens is 2. The first-order valence-electron chi connectivity index (χ1n) is 8.33. The Labute approximate surface area is 162 Å². The predicted octanol–water partition coefficient (Wildman–Crippen LogP) is 3.81. The molecule has 0 radical (unpaired) electrons. The molecule has 0 spiro atoms. The van der Waals surface area contributed by atoms with Gasteiger partial charge in [-0.2, -0.15) is 0 Å². The molecule has 3 rings (SSSR count). The van der Waals surface area contributed by atoms with Gasteiger partial charge in [0.05, 0.1) is 10.7 Å². The lowest BCUT2D eigenvalue weighted by atomic mass is 10.0. The van der Waals surface area contributed by atoms with Crippen molar-refractivity contribution in [2.24, 2.45) is 5.41 Å². The summed E-state index contributed by atoms with van der Waals surface area (Å²) >= 11 is 12.0. The number of hydrogen-bond donors (Lipinski definition) is 1. The molecule has 26 heavy (non-hydrogen) atoms. The lowest BCUT2D eigenvalue weighted by molar-refractivity contribution is -0.141. The van der Waals surface area contributed by atoms with Gasteiger partial charge in [0.2, 0.25) is 11.8 Å². The minimum absolute atomic E-state index is 0.158. The number of nitrogens with zero attached hydrogens (tertiary/aromatic N) is 2. The van der Waals surface area contributed by atoms with Gasteiger partial charge in [0.15, 0.2) is 0 Å². The van der Waals surface area contributed by atoms with E-state index in [-0.39, 0.29) is 11.8 Å². The number of carbonyl (C=O) groups excluding carboxylic acids is 2. The van der Waals surface area contributed by atoms with Crippen molar-refractivity contribution in [1.82, 2.24) is 9.88 Å². The maximum Gasteiger partial charge on any atom is 0.240 e. The molecule has 7 heteroatoms. The topological polar surface area (TPSA) is 62.3 Å². The third kappa shape index (κ3) is 4.00. The van der Waals surface area contributed by atoms with Gasteiger partial charge in [0.25, 0.3) is 0 Å². The second-order valence-corrected chi connectivity index (χ2v) is 7.34. The van der Waals surface area contributed by atoms with Gasteiger partial charge < -0.3 is 10.2 Å². The van der Waals surface area contributed by atoms with Gasteiger partial charge in [0, 0.05) is 31.0 Å². The van der Waals surface area contributed by atoms with Gasteiger partial charge in [-0.25, -0.2) is 0 Å². The second-order valence-electron chi connectivity index (χ2n) is 6.49. The summed E-state index contributed by atoms with van der Waals surface area (Å²) in [4.78, 5) is 31.1. The quantitative estimate of drug-likeness (QED) is 0.761. The third-order valence-corrected chi connectivity index (χ3v) is 5.15. The molecule has 1 aliphatic carbocycles. The molecule has 1 aromatic heterocycles. The lowest BCUT2D eigenvalue weighted by Crippen LogP contribution is -2.41. The second kappa shape index (κ2) is 7.64. The van der Waals surface area contributed by atoms with Gasteiger partial charge in [-0.05, 0) is 55.2 Å². The summed E-state index contributed by atoms with van der Waals surface area (Å²) in [7, 11) is 1.73. The van der Waals surface area contributed by atoms with Crippen LogP contribution in [0.1, 0.15) is 18.4 Å². The lowest BCUT2D eigenvalue weighted by Gasteiger charge is -2.23. The molecular formula is C19H19Cl2N3O2. The van der Waals surface area contributed by atoms with Crippen molar-refractivity contribution in [3.05, 3.63) is 58.3 Å². The highest BCUT2D eigenvalue weighted by Crippen LogP contribution is 2.48. The molecule has 2 aromatic rings. The van der Waals surface area contributed by atoms with Crippen LogP contribution >= 0.6 is 23.2 Å². The van der Waals surface area contributed by atoms with E-state index in [2.05, 4.69) is 10.3 Å². The molecule has 1 fully saturated rings. The minimum Gasteiger partial charge on any atom is -0.344 e. The monoisotopic (exact) mass is 391 g/mol. The molecule has 2 amide bonds. The summed E-state index contributed by atoms with van der Waals surface area (Å²) in [5.41, 5.74) is 0.567. The van der Waals surface area contributed by atoms with Crippen LogP contribution in [0, 0.1) is 5.41 Å². The number of pyridine rings is 1. The highest BCUT2D eigenvalue weighted by molar-refractivity contribution is 6.36. The Kier molecular flexibility index (Phi) is 5.49. The van der Waals surface area contributed by atoms with E-state index >= 15 is 0 Å². The Morgan fingerprint density at radius 2 is 1.88 bits per heavy atom. The maximum absolute atomic E-state index is 12.8. The van der Waals surface area contributed by atoms with Crippen molar-refractivity contribution < 1.29 is 9.59 Å². The summed E-state index contributed by atoms with van der Waals surface area (Å²) in [5, 5.41) is 3.60. The Morgan fingerprint density at radius 3 is 2.50 bits per heavy atom. The summed E-state index contributed by atoms with van der Waals surface area (Å²) in [5.74, 6) is -0.475. The van der Waals surface area contributed by atoms with Crippen molar-refractivity contribution in [2.75, 3.05) is 18.9 Å². The third-order valence-electron chi connectivity index (χ3n) is 4.61. The maximum atomic E-state index is 12.8. The molecule has 0 bridgehead atoms. The SMILES string of the molecule is CN(CCc1ccncc1)C(=O)C1(C(=O)Nc2ccc(Cl)cc2Cl)CC1. The van der Waals surface area contributed by atoms with E-state index < -0.39 is 5.41 Å². The molecule has 136 valence electrons. The first-order valence-corrected chi connectivity index (χ1v) is 9.09. The van der Waals surface area contributed by atoms with Crippen LogP contribution in [0.2, 0.25) is 10.0 Å². The van der Waals surface area contributed by atoms with Crippen LogP contribution in [0.5, 0.6) is 0 Å². The average Bonchev–Trinajstić information content (AvgIpc) is 3.44. The number of hydrogen-bond acceptors (Lipinski definition) is 3. The van der Waals surface area contributed by atoms with Crippen molar-refractivity contribution >= 4 is 40.7 Å². The number of benzene rings is 1. The van der Waals surface area contributed by atoms with Gasteiger partial charge in [-0.1, -0.05) is 23.2 Å². The van der Waals surface area contributed by atoms with E-state index in [4.69, 9.17) is 23.2 Å². The smallest absolute Gasteiger partial charge is 0.240 e. The highest BCUT2D eigenvalue weighted by atomic mass is 35.5. The summed E-state index contributed by atoms with van der Waals surface area (Å²) in [6.45, 7) is 0.541. The average molecular weight is 392 g/mol. The number of carbonyl (C=O) groups is 2. The first-order chi connectivity index (χ1) is 12.4. The van der Waals surface area contributed by atoms with Crippen molar-refractivity contribution in [2.45, 2.75) is 19.3 Å².